The van der Waals surface area contributed by atoms with E-state index >= 15 is 0 Å². The maximum Gasteiger partial charge on any atom is 0.418 e. The second kappa shape index (κ2) is 7.29. The highest BCUT2D eigenvalue weighted by Crippen LogP contribution is 2.35. The van der Waals surface area contributed by atoms with Crippen LogP contribution in [0.15, 0.2) is 6.20 Å². The molecule has 0 spiro atoms. The lowest BCUT2D eigenvalue weighted by Crippen LogP contribution is -2.37. The first kappa shape index (κ1) is 20.3. The van der Waals surface area contributed by atoms with Gasteiger partial charge in [0.15, 0.2) is 0 Å². The lowest BCUT2D eigenvalue weighted by molar-refractivity contribution is -0.145. The third-order valence-electron chi connectivity index (χ3n) is 4.13. The molecule has 1 saturated heterocycles. The molecular weight excluding hydrogens is 368 g/mol. The van der Waals surface area contributed by atoms with E-state index in [-0.39, 0.29) is 32.0 Å². The number of carboxylic acids is 1. The smallest absolute Gasteiger partial charge is 0.418 e. The molecule has 11 heteroatoms. The molecule has 26 heavy (non-hydrogen) atoms. The Morgan fingerprint density at radius 1 is 1.15 bits per heavy atom. The number of aromatic carboxylic acids is 1. The predicted molar refractivity (Wildman–Crippen MR) is 80.3 cm³/mol. The van der Waals surface area contributed by atoms with Gasteiger partial charge in [-0.15, -0.1) is 0 Å². The fraction of sp³-hybridized carbons (Fsp3) is 0.600. The van der Waals surface area contributed by atoms with E-state index in [0.29, 0.717) is 12.6 Å². The first-order valence-corrected chi connectivity index (χ1v) is 7.74. The molecule has 1 aliphatic rings. The summed E-state index contributed by atoms with van der Waals surface area (Å²) in [6.07, 6.45) is -8.24. The van der Waals surface area contributed by atoms with E-state index in [2.05, 4.69) is 4.98 Å². The largest absolute Gasteiger partial charge is 0.478 e. The van der Waals surface area contributed by atoms with Gasteiger partial charge in [-0.25, -0.2) is 9.78 Å². The molecule has 5 nitrogen and oxygen atoms in total. The summed E-state index contributed by atoms with van der Waals surface area (Å²) in [6.45, 7) is 0.344. The maximum atomic E-state index is 13.0. The fourth-order valence-electron chi connectivity index (χ4n) is 2.97. The van der Waals surface area contributed by atoms with E-state index < -0.39 is 41.6 Å². The molecule has 1 N–H and O–H groups in total. The van der Waals surface area contributed by atoms with E-state index in [1.165, 1.54) is 9.80 Å². The zero-order valence-electron chi connectivity index (χ0n) is 13.8. The molecule has 0 aliphatic carbocycles. The Labute approximate surface area is 145 Å². The van der Waals surface area contributed by atoms with E-state index in [9.17, 15) is 36.2 Å². The Balaban J connectivity index is 2.31. The fourth-order valence-corrected chi connectivity index (χ4v) is 2.97. The van der Waals surface area contributed by atoms with Gasteiger partial charge in [-0.3, -0.25) is 4.90 Å². The highest BCUT2D eigenvalue weighted by atomic mass is 19.4. The third-order valence-corrected chi connectivity index (χ3v) is 4.13. The molecule has 1 fully saturated rings. The Bertz CT molecular complexity index is 675. The van der Waals surface area contributed by atoms with Crippen LogP contribution in [0.5, 0.6) is 0 Å². The Kier molecular flexibility index (Phi) is 5.69. The van der Waals surface area contributed by atoms with E-state index in [0.717, 1.165) is 6.92 Å². The number of anilines is 1. The molecule has 1 aliphatic heterocycles. The zero-order valence-corrected chi connectivity index (χ0v) is 13.8. The molecule has 2 heterocycles. The topological polar surface area (TPSA) is 56.7 Å². The van der Waals surface area contributed by atoms with Crippen molar-refractivity contribution in [1.82, 2.24) is 9.88 Å². The van der Waals surface area contributed by atoms with Crippen molar-refractivity contribution in [1.29, 1.82) is 0 Å². The SMILES string of the molecule is Cc1c(C(F)(F)F)cnc(N2CCCN(CC(F)(F)F)CC2)c1C(=O)O. The van der Waals surface area contributed by atoms with E-state index in [1.807, 2.05) is 0 Å². The second-order valence-corrected chi connectivity index (χ2v) is 6.03. The quantitative estimate of drug-likeness (QED) is 0.810. The lowest BCUT2D eigenvalue weighted by atomic mass is 10.0. The first-order valence-electron chi connectivity index (χ1n) is 7.74. The summed E-state index contributed by atoms with van der Waals surface area (Å²) in [5.41, 5.74) is -2.19. The number of pyridine rings is 1. The Hall–Kier alpha value is -2.04. The Morgan fingerprint density at radius 2 is 1.81 bits per heavy atom. The number of nitrogens with zero attached hydrogens (tertiary/aromatic N) is 3. The molecule has 0 saturated carbocycles. The van der Waals surface area contributed by atoms with Gasteiger partial charge in [0.05, 0.1) is 12.1 Å². The van der Waals surface area contributed by atoms with Crippen molar-refractivity contribution < 1.29 is 36.2 Å². The minimum atomic E-state index is -4.75. The van der Waals surface area contributed by atoms with Gasteiger partial charge in [0.2, 0.25) is 0 Å². The summed E-state index contributed by atoms with van der Waals surface area (Å²) in [4.78, 5) is 17.8. The van der Waals surface area contributed by atoms with Gasteiger partial charge < -0.3 is 10.0 Å². The van der Waals surface area contributed by atoms with Gasteiger partial charge in [0.25, 0.3) is 0 Å². The van der Waals surface area contributed by atoms with Crippen LogP contribution in [0.3, 0.4) is 0 Å². The minimum Gasteiger partial charge on any atom is -0.478 e. The number of hydrogen-bond donors (Lipinski definition) is 1. The predicted octanol–water partition coefficient (Wildman–Crippen LogP) is 3.18. The summed E-state index contributed by atoms with van der Waals surface area (Å²) in [5.74, 6) is -1.72. The van der Waals surface area contributed by atoms with Crippen LogP contribution in [0.25, 0.3) is 0 Å². The highest BCUT2D eigenvalue weighted by molar-refractivity contribution is 5.95. The van der Waals surface area contributed by atoms with Gasteiger partial charge in [-0.05, 0) is 18.9 Å². The monoisotopic (exact) mass is 385 g/mol. The minimum absolute atomic E-state index is 0.000316. The number of carbonyl (C=O) groups is 1. The summed E-state index contributed by atoms with van der Waals surface area (Å²) in [7, 11) is 0. The van der Waals surface area contributed by atoms with Crippen LogP contribution in [0.2, 0.25) is 0 Å². The van der Waals surface area contributed by atoms with Crippen LogP contribution >= 0.6 is 0 Å². The van der Waals surface area contributed by atoms with Crippen molar-refractivity contribution in [3.8, 4) is 0 Å². The summed E-state index contributed by atoms with van der Waals surface area (Å²) < 4.78 is 76.5. The highest BCUT2D eigenvalue weighted by Gasteiger charge is 2.37. The van der Waals surface area contributed by atoms with Gasteiger partial charge in [0.1, 0.15) is 11.4 Å². The molecule has 0 unspecified atom stereocenters. The van der Waals surface area contributed by atoms with Gasteiger partial charge >= 0.3 is 18.3 Å². The summed E-state index contributed by atoms with van der Waals surface area (Å²) >= 11 is 0. The van der Waals surface area contributed by atoms with Gasteiger partial charge in [0, 0.05) is 32.4 Å². The Morgan fingerprint density at radius 3 is 2.35 bits per heavy atom. The second-order valence-electron chi connectivity index (χ2n) is 6.03. The standard InChI is InChI=1S/C15H17F6N3O2/c1-9-10(15(19,20)21)7-22-12(11(9)13(25)26)24-4-2-3-23(5-6-24)8-14(16,17)18/h7H,2-6,8H2,1H3,(H,25,26). The molecule has 0 radical (unpaired) electrons. The van der Waals surface area contributed by atoms with Crippen LogP contribution < -0.4 is 4.90 Å². The van der Waals surface area contributed by atoms with Crippen molar-refractivity contribution in [2.24, 2.45) is 0 Å². The van der Waals surface area contributed by atoms with Crippen LogP contribution in [0.4, 0.5) is 32.2 Å². The number of aromatic nitrogens is 1. The van der Waals surface area contributed by atoms with Crippen molar-refractivity contribution in [3.05, 3.63) is 22.9 Å². The molecule has 1 aromatic heterocycles. The van der Waals surface area contributed by atoms with Crippen molar-refractivity contribution in [2.75, 3.05) is 37.6 Å². The summed E-state index contributed by atoms with van der Waals surface area (Å²) in [5, 5.41) is 9.35. The normalized spacial score (nSPS) is 17.3. The number of halogens is 6. The molecule has 2 rings (SSSR count). The third kappa shape index (κ3) is 4.77. The van der Waals surface area contributed by atoms with Crippen LogP contribution in [-0.2, 0) is 6.18 Å². The average molecular weight is 385 g/mol. The van der Waals surface area contributed by atoms with Crippen LogP contribution in [0, 0.1) is 6.92 Å². The first-order chi connectivity index (χ1) is 11.9. The van der Waals surface area contributed by atoms with Gasteiger partial charge in [-0.2, -0.15) is 26.3 Å². The molecule has 146 valence electrons. The molecular formula is C15H17F6N3O2. The summed E-state index contributed by atoms with van der Waals surface area (Å²) in [6, 6.07) is 0. The zero-order chi connectivity index (χ0) is 19.7. The van der Waals surface area contributed by atoms with Crippen LogP contribution in [-0.4, -0.2) is 59.9 Å². The van der Waals surface area contributed by atoms with Gasteiger partial charge in [-0.1, -0.05) is 0 Å². The maximum absolute atomic E-state index is 13.0. The van der Waals surface area contributed by atoms with Crippen molar-refractivity contribution in [3.63, 3.8) is 0 Å². The van der Waals surface area contributed by atoms with E-state index in [1.54, 1.807) is 0 Å². The number of rotatable bonds is 3. The average Bonchev–Trinajstić information content (AvgIpc) is 2.68. The molecule has 0 aromatic carbocycles. The van der Waals surface area contributed by atoms with Crippen molar-refractivity contribution in [2.45, 2.75) is 25.7 Å². The molecule has 0 bridgehead atoms. The van der Waals surface area contributed by atoms with E-state index in [4.69, 9.17) is 0 Å². The number of hydrogen-bond acceptors (Lipinski definition) is 4. The van der Waals surface area contributed by atoms with Crippen LogP contribution in [0.1, 0.15) is 27.9 Å². The molecule has 0 atom stereocenters. The number of alkyl halides is 6. The lowest BCUT2D eigenvalue weighted by Gasteiger charge is -2.25. The molecule has 0 amide bonds. The molecule has 1 aromatic rings. The number of carboxylic acid groups (broad SMARTS) is 1. The van der Waals surface area contributed by atoms with Crippen molar-refractivity contribution >= 4 is 11.8 Å².